The van der Waals surface area contributed by atoms with Gasteiger partial charge in [0.1, 0.15) is 18.6 Å². The number of rotatable bonds is 9. The molecular formula is C13H22O5. The fourth-order valence-corrected chi connectivity index (χ4v) is 1.13. The lowest BCUT2D eigenvalue weighted by atomic mass is 10.1. The van der Waals surface area contributed by atoms with Crippen LogP contribution in [0.5, 0.6) is 0 Å². The summed E-state index contributed by atoms with van der Waals surface area (Å²) in [5, 5.41) is 0. The van der Waals surface area contributed by atoms with E-state index in [0.717, 1.165) is 0 Å². The highest BCUT2D eigenvalue weighted by Gasteiger charge is 2.22. The number of Topliss-reactive ketones (excluding diaryl/α,β-unsaturated/α-hetero) is 2. The maximum atomic E-state index is 11.4. The van der Waals surface area contributed by atoms with Crippen LogP contribution in [0, 0.1) is 0 Å². The summed E-state index contributed by atoms with van der Waals surface area (Å²) >= 11 is 0. The van der Waals surface area contributed by atoms with Crippen molar-refractivity contribution >= 4 is 17.5 Å². The van der Waals surface area contributed by atoms with Gasteiger partial charge in [0.05, 0.1) is 6.42 Å². The quantitative estimate of drug-likeness (QED) is 0.465. The normalized spacial score (nSPS) is 11.1. The number of hydrogen-bond acceptors (Lipinski definition) is 5. The summed E-state index contributed by atoms with van der Waals surface area (Å²) in [4.78, 5) is 34.1. The van der Waals surface area contributed by atoms with Gasteiger partial charge in [-0.25, -0.2) is 0 Å². The zero-order valence-corrected chi connectivity index (χ0v) is 11.6. The minimum Gasteiger partial charge on any atom is -0.459 e. The summed E-state index contributed by atoms with van der Waals surface area (Å²) in [7, 11) is 0. The minimum atomic E-state index is -0.587. The van der Waals surface area contributed by atoms with Crippen LogP contribution in [-0.4, -0.2) is 36.4 Å². The molecule has 0 aliphatic rings. The highest BCUT2D eigenvalue weighted by Crippen LogP contribution is 2.14. The van der Waals surface area contributed by atoms with Gasteiger partial charge < -0.3 is 9.47 Å². The van der Waals surface area contributed by atoms with Crippen molar-refractivity contribution in [1.82, 2.24) is 0 Å². The molecular weight excluding hydrogens is 236 g/mol. The average Bonchev–Trinajstić information content (AvgIpc) is 2.25. The molecule has 5 heteroatoms. The van der Waals surface area contributed by atoms with Crippen LogP contribution in [0.2, 0.25) is 0 Å². The predicted molar refractivity (Wildman–Crippen MR) is 66.2 cm³/mol. The molecule has 0 radical (unpaired) electrons. The largest absolute Gasteiger partial charge is 0.459 e. The summed E-state index contributed by atoms with van der Waals surface area (Å²) in [6, 6.07) is 0. The Kier molecular flexibility index (Phi) is 7.43. The lowest BCUT2D eigenvalue weighted by Crippen LogP contribution is -2.28. The van der Waals surface area contributed by atoms with E-state index < -0.39 is 17.4 Å². The van der Waals surface area contributed by atoms with E-state index in [1.54, 1.807) is 20.8 Å². The Balaban J connectivity index is 4.02. The molecule has 0 fully saturated rings. The first kappa shape index (κ1) is 16.8. The van der Waals surface area contributed by atoms with Crippen LogP contribution in [0.4, 0.5) is 0 Å². The van der Waals surface area contributed by atoms with Crippen LogP contribution in [0.25, 0.3) is 0 Å². The van der Waals surface area contributed by atoms with Crippen molar-refractivity contribution in [2.75, 3.05) is 13.2 Å². The van der Waals surface area contributed by atoms with E-state index in [1.807, 2.05) is 6.92 Å². The molecule has 104 valence electrons. The Morgan fingerprint density at radius 3 is 2.11 bits per heavy atom. The predicted octanol–water partition coefficient (Wildman–Crippen LogP) is 1.67. The van der Waals surface area contributed by atoms with Gasteiger partial charge in [-0.2, -0.15) is 0 Å². The Morgan fingerprint density at radius 2 is 1.61 bits per heavy atom. The standard InChI is InChI=1S/C13H22O5/c1-5-13(3,4)18-12(16)8-10(14)7-11(15)9-17-6-2/h5-9H2,1-4H3. The van der Waals surface area contributed by atoms with Crippen molar-refractivity contribution in [3.05, 3.63) is 0 Å². The molecule has 0 heterocycles. The summed E-state index contributed by atoms with van der Waals surface area (Å²) < 4.78 is 10.00. The molecule has 0 atom stereocenters. The summed E-state index contributed by atoms with van der Waals surface area (Å²) in [5.41, 5.74) is -0.577. The van der Waals surface area contributed by atoms with Gasteiger partial charge in [0, 0.05) is 6.61 Å². The van der Waals surface area contributed by atoms with Gasteiger partial charge in [0.2, 0.25) is 0 Å². The maximum Gasteiger partial charge on any atom is 0.313 e. The number of esters is 1. The van der Waals surface area contributed by atoms with Gasteiger partial charge in [0.15, 0.2) is 11.6 Å². The summed E-state index contributed by atoms with van der Waals surface area (Å²) in [6.45, 7) is 7.54. The van der Waals surface area contributed by atoms with Gasteiger partial charge in [0.25, 0.3) is 0 Å². The summed E-state index contributed by atoms with van der Waals surface area (Å²) in [6.07, 6.45) is 0.0269. The first-order chi connectivity index (χ1) is 8.30. The van der Waals surface area contributed by atoms with E-state index in [0.29, 0.717) is 13.0 Å². The molecule has 18 heavy (non-hydrogen) atoms. The monoisotopic (exact) mass is 258 g/mol. The van der Waals surface area contributed by atoms with E-state index in [-0.39, 0.29) is 25.2 Å². The van der Waals surface area contributed by atoms with E-state index in [2.05, 4.69) is 0 Å². The molecule has 0 aliphatic carbocycles. The number of ether oxygens (including phenoxy) is 2. The Labute approximate surface area is 108 Å². The Morgan fingerprint density at radius 1 is 1.00 bits per heavy atom. The molecule has 0 bridgehead atoms. The highest BCUT2D eigenvalue weighted by atomic mass is 16.6. The third-order valence-corrected chi connectivity index (χ3v) is 2.44. The summed E-state index contributed by atoms with van der Waals surface area (Å²) in [5.74, 6) is -1.34. The fourth-order valence-electron chi connectivity index (χ4n) is 1.13. The van der Waals surface area contributed by atoms with Crippen molar-refractivity contribution in [3.8, 4) is 0 Å². The molecule has 0 spiro atoms. The number of hydrogen-bond donors (Lipinski definition) is 0. The second-order valence-electron chi connectivity index (χ2n) is 4.66. The minimum absolute atomic E-state index is 0.0856. The fraction of sp³-hybridized carbons (Fsp3) is 0.769. The van der Waals surface area contributed by atoms with Crippen molar-refractivity contribution in [2.24, 2.45) is 0 Å². The lowest BCUT2D eigenvalue weighted by molar-refractivity contribution is -0.158. The lowest BCUT2D eigenvalue weighted by Gasteiger charge is -2.22. The molecule has 0 saturated carbocycles. The van der Waals surface area contributed by atoms with E-state index in [1.165, 1.54) is 0 Å². The van der Waals surface area contributed by atoms with Crippen molar-refractivity contribution in [1.29, 1.82) is 0 Å². The first-order valence-electron chi connectivity index (χ1n) is 6.13. The molecule has 0 saturated heterocycles. The molecule has 0 unspecified atom stereocenters. The molecule has 0 aliphatic heterocycles. The van der Waals surface area contributed by atoms with Crippen LogP contribution in [0.15, 0.2) is 0 Å². The molecule has 0 amide bonds. The Hall–Kier alpha value is -1.23. The Bertz CT molecular complexity index is 307. The molecule has 0 aromatic rings. The third-order valence-electron chi connectivity index (χ3n) is 2.44. The average molecular weight is 258 g/mol. The molecule has 0 rings (SSSR count). The molecule has 5 nitrogen and oxygen atoms in total. The van der Waals surface area contributed by atoms with Crippen LogP contribution in [-0.2, 0) is 23.9 Å². The van der Waals surface area contributed by atoms with Gasteiger partial charge in [-0.05, 0) is 27.2 Å². The topological polar surface area (TPSA) is 69.7 Å². The van der Waals surface area contributed by atoms with Gasteiger partial charge >= 0.3 is 5.97 Å². The maximum absolute atomic E-state index is 11.4. The highest BCUT2D eigenvalue weighted by molar-refractivity contribution is 6.05. The molecule has 0 aromatic carbocycles. The number of ketones is 2. The van der Waals surface area contributed by atoms with Crippen molar-refractivity contribution in [2.45, 2.75) is 52.6 Å². The van der Waals surface area contributed by atoms with E-state index in [4.69, 9.17) is 9.47 Å². The van der Waals surface area contributed by atoms with Crippen LogP contribution >= 0.6 is 0 Å². The second kappa shape index (κ2) is 7.97. The van der Waals surface area contributed by atoms with Crippen LogP contribution in [0.1, 0.15) is 47.0 Å². The van der Waals surface area contributed by atoms with Crippen molar-refractivity contribution in [3.63, 3.8) is 0 Å². The first-order valence-corrected chi connectivity index (χ1v) is 6.13. The van der Waals surface area contributed by atoms with Crippen molar-refractivity contribution < 1.29 is 23.9 Å². The van der Waals surface area contributed by atoms with Crippen LogP contribution < -0.4 is 0 Å². The molecule has 0 N–H and O–H groups in total. The smallest absolute Gasteiger partial charge is 0.313 e. The second-order valence-corrected chi connectivity index (χ2v) is 4.66. The van der Waals surface area contributed by atoms with Crippen LogP contribution in [0.3, 0.4) is 0 Å². The zero-order chi connectivity index (χ0) is 14.2. The third kappa shape index (κ3) is 7.95. The van der Waals surface area contributed by atoms with Gasteiger partial charge in [-0.3, -0.25) is 14.4 Å². The van der Waals surface area contributed by atoms with E-state index >= 15 is 0 Å². The number of carbonyl (C=O) groups excluding carboxylic acids is 3. The van der Waals surface area contributed by atoms with Gasteiger partial charge in [-0.15, -0.1) is 0 Å². The molecule has 0 aromatic heterocycles. The van der Waals surface area contributed by atoms with Gasteiger partial charge in [-0.1, -0.05) is 6.92 Å². The SMILES string of the molecule is CCOCC(=O)CC(=O)CC(=O)OC(C)(C)CC. The van der Waals surface area contributed by atoms with E-state index in [9.17, 15) is 14.4 Å². The zero-order valence-electron chi connectivity index (χ0n) is 11.6. The number of carbonyl (C=O) groups is 3.